The molecule has 0 fully saturated rings. The third kappa shape index (κ3) is 3.85. The zero-order valence-corrected chi connectivity index (χ0v) is 12.2. The largest absolute Gasteiger partial charge is 0.488 e. The van der Waals surface area contributed by atoms with Gasteiger partial charge in [-0.1, -0.05) is 34.1 Å². The van der Waals surface area contributed by atoms with Crippen LogP contribution in [0.15, 0.2) is 46.9 Å². The number of benzene rings is 2. The molecule has 0 radical (unpaired) electrons. The van der Waals surface area contributed by atoms with Crippen molar-refractivity contribution >= 4 is 22.2 Å². The molecule has 0 amide bonds. The smallest absolute Gasteiger partial charge is 0.419 e. The van der Waals surface area contributed by atoms with Gasteiger partial charge in [0.25, 0.3) is 0 Å². The molecule has 0 aliphatic carbocycles. The highest BCUT2D eigenvalue weighted by Crippen LogP contribution is 2.37. The Hall–Kier alpha value is -1.82. The molecular formula is C15H10BrF3O2. The van der Waals surface area contributed by atoms with Crippen LogP contribution in [0.4, 0.5) is 13.2 Å². The highest BCUT2D eigenvalue weighted by Gasteiger charge is 2.34. The van der Waals surface area contributed by atoms with Crippen molar-refractivity contribution in [1.29, 1.82) is 0 Å². The van der Waals surface area contributed by atoms with E-state index in [9.17, 15) is 18.0 Å². The standard InChI is InChI=1S/C15H10BrF3O2/c16-13-4-2-1-3-11(13)9-21-14-6-5-10(8-20)7-12(14)15(17,18)19/h1-8H,9H2. The predicted octanol–water partition coefficient (Wildman–Crippen LogP) is 4.86. The molecule has 110 valence electrons. The molecule has 0 aromatic heterocycles. The van der Waals surface area contributed by atoms with E-state index in [1.807, 2.05) is 0 Å². The first-order valence-electron chi connectivity index (χ1n) is 5.94. The molecule has 0 unspecified atom stereocenters. The monoisotopic (exact) mass is 358 g/mol. The Labute approximate surface area is 127 Å². The van der Waals surface area contributed by atoms with Gasteiger partial charge in [0.15, 0.2) is 0 Å². The van der Waals surface area contributed by atoms with E-state index >= 15 is 0 Å². The van der Waals surface area contributed by atoms with Gasteiger partial charge in [-0.3, -0.25) is 4.79 Å². The van der Waals surface area contributed by atoms with Crippen molar-refractivity contribution in [3.05, 3.63) is 63.6 Å². The van der Waals surface area contributed by atoms with Crippen LogP contribution in [0.2, 0.25) is 0 Å². The molecule has 0 saturated heterocycles. The number of hydrogen-bond donors (Lipinski definition) is 0. The van der Waals surface area contributed by atoms with Gasteiger partial charge in [-0.25, -0.2) is 0 Å². The summed E-state index contributed by atoms with van der Waals surface area (Å²) in [6, 6.07) is 10.3. The summed E-state index contributed by atoms with van der Waals surface area (Å²) in [5, 5.41) is 0. The molecule has 0 spiro atoms. The molecule has 0 N–H and O–H groups in total. The Bertz CT molecular complexity index is 654. The maximum absolute atomic E-state index is 13.0. The predicted molar refractivity (Wildman–Crippen MR) is 75.3 cm³/mol. The van der Waals surface area contributed by atoms with E-state index in [0.29, 0.717) is 6.29 Å². The summed E-state index contributed by atoms with van der Waals surface area (Å²) in [4.78, 5) is 10.6. The number of rotatable bonds is 4. The van der Waals surface area contributed by atoms with Gasteiger partial charge in [0.1, 0.15) is 18.6 Å². The van der Waals surface area contributed by atoms with E-state index in [1.165, 1.54) is 6.07 Å². The summed E-state index contributed by atoms with van der Waals surface area (Å²) in [7, 11) is 0. The van der Waals surface area contributed by atoms with Crippen LogP contribution in [-0.4, -0.2) is 6.29 Å². The van der Waals surface area contributed by atoms with Gasteiger partial charge < -0.3 is 4.74 Å². The van der Waals surface area contributed by atoms with Crippen LogP contribution in [0, 0.1) is 0 Å². The second-order valence-corrected chi connectivity index (χ2v) is 5.11. The molecule has 0 bridgehead atoms. The third-order valence-corrected chi connectivity index (χ3v) is 3.56. The first kappa shape index (κ1) is 15.6. The lowest BCUT2D eigenvalue weighted by molar-refractivity contribution is -0.139. The highest BCUT2D eigenvalue weighted by molar-refractivity contribution is 9.10. The summed E-state index contributed by atoms with van der Waals surface area (Å²) in [5.41, 5.74) is -0.278. The van der Waals surface area contributed by atoms with Crippen molar-refractivity contribution in [3.8, 4) is 5.75 Å². The number of ether oxygens (including phenoxy) is 1. The number of hydrogen-bond acceptors (Lipinski definition) is 2. The average molecular weight is 359 g/mol. The fourth-order valence-electron chi connectivity index (χ4n) is 1.74. The number of carbonyl (C=O) groups excluding carboxylic acids is 1. The fraction of sp³-hybridized carbons (Fsp3) is 0.133. The SMILES string of the molecule is O=Cc1ccc(OCc2ccccc2Br)c(C(F)(F)F)c1. The summed E-state index contributed by atoms with van der Waals surface area (Å²) < 4.78 is 44.9. The quantitative estimate of drug-likeness (QED) is 0.729. The zero-order chi connectivity index (χ0) is 15.5. The second kappa shape index (κ2) is 6.30. The van der Waals surface area contributed by atoms with Gasteiger partial charge in [0, 0.05) is 15.6 Å². The molecule has 2 rings (SSSR count). The van der Waals surface area contributed by atoms with Crippen LogP contribution in [0.25, 0.3) is 0 Å². The molecule has 0 aliphatic rings. The van der Waals surface area contributed by atoms with Crippen molar-refractivity contribution in [2.75, 3.05) is 0 Å². The summed E-state index contributed by atoms with van der Waals surface area (Å²) in [5.74, 6) is -0.302. The molecule has 2 aromatic carbocycles. The van der Waals surface area contributed by atoms with Gasteiger partial charge in [0.2, 0.25) is 0 Å². The van der Waals surface area contributed by atoms with Crippen molar-refractivity contribution in [2.45, 2.75) is 12.8 Å². The molecular weight excluding hydrogens is 349 g/mol. The lowest BCUT2D eigenvalue weighted by atomic mass is 10.1. The number of carbonyl (C=O) groups is 1. The van der Waals surface area contributed by atoms with Crippen molar-refractivity contribution < 1.29 is 22.7 Å². The highest BCUT2D eigenvalue weighted by atomic mass is 79.9. The summed E-state index contributed by atoms with van der Waals surface area (Å²) in [6.07, 6.45) is -4.21. The van der Waals surface area contributed by atoms with Crippen LogP contribution < -0.4 is 4.74 Å². The first-order chi connectivity index (χ1) is 9.91. The van der Waals surface area contributed by atoms with E-state index < -0.39 is 11.7 Å². The number of alkyl halides is 3. The van der Waals surface area contributed by atoms with Crippen molar-refractivity contribution in [3.63, 3.8) is 0 Å². The Kier molecular flexibility index (Phi) is 4.67. The minimum absolute atomic E-state index is 0.00899. The van der Waals surface area contributed by atoms with Gasteiger partial charge in [-0.05, 0) is 24.3 Å². The van der Waals surface area contributed by atoms with Crippen LogP contribution in [-0.2, 0) is 12.8 Å². The lowest BCUT2D eigenvalue weighted by Gasteiger charge is -2.15. The zero-order valence-electron chi connectivity index (χ0n) is 10.7. The number of aldehydes is 1. The van der Waals surface area contributed by atoms with Crippen LogP contribution >= 0.6 is 15.9 Å². The normalized spacial score (nSPS) is 11.2. The molecule has 0 saturated carbocycles. The number of halogens is 4. The Balaban J connectivity index is 2.28. The van der Waals surface area contributed by atoms with Crippen molar-refractivity contribution in [2.24, 2.45) is 0 Å². The summed E-state index contributed by atoms with van der Waals surface area (Å²) in [6.45, 7) is -0.00899. The van der Waals surface area contributed by atoms with E-state index in [1.54, 1.807) is 24.3 Å². The van der Waals surface area contributed by atoms with Crippen LogP contribution in [0.5, 0.6) is 5.75 Å². The molecule has 2 nitrogen and oxygen atoms in total. The average Bonchev–Trinajstić information content (AvgIpc) is 2.45. The van der Waals surface area contributed by atoms with Crippen LogP contribution in [0.1, 0.15) is 21.5 Å². The van der Waals surface area contributed by atoms with E-state index in [2.05, 4.69) is 15.9 Å². The van der Waals surface area contributed by atoms with Crippen molar-refractivity contribution in [1.82, 2.24) is 0 Å². The van der Waals surface area contributed by atoms with Gasteiger partial charge in [0.05, 0.1) is 5.56 Å². The van der Waals surface area contributed by atoms with Gasteiger partial charge in [-0.2, -0.15) is 13.2 Å². The third-order valence-electron chi connectivity index (χ3n) is 2.79. The molecule has 0 atom stereocenters. The minimum atomic E-state index is -4.58. The Morgan fingerprint density at radius 2 is 1.86 bits per heavy atom. The molecule has 0 heterocycles. The molecule has 6 heteroatoms. The maximum atomic E-state index is 13.0. The fourth-order valence-corrected chi connectivity index (χ4v) is 2.14. The van der Waals surface area contributed by atoms with E-state index in [0.717, 1.165) is 22.2 Å². The Morgan fingerprint density at radius 1 is 1.14 bits per heavy atom. The molecule has 0 aliphatic heterocycles. The maximum Gasteiger partial charge on any atom is 0.419 e. The minimum Gasteiger partial charge on any atom is -0.488 e. The second-order valence-electron chi connectivity index (χ2n) is 4.25. The van der Waals surface area contributed by atoms with Gasteiger partial charge >= 0.3 is 6.18 Å². The van der Waals surface area contributed by atoms with Crippen LogP contribution in [0.3, 0.4) is 0 Å². The Morgan fingerprint density at radius 3 is 2.48 bits per heavy atom. The van der Waals surface area contributed by atoms with Gasteiger partial charge in [-0.15, -0.1) is 0 Å². The first-order valence-corrected chi connectivity index (χ1v) is 6.74. The molecule has 2 aromatic rings. The topological polar surface area (TPSA) is 26.3 Å². The van der Waals surface area contributed by atoms with E-state index in [4.69, 9.17) is 4.74 Å². The van der Waals surface area contributed by atoms with E-state index in [-0.39, 0.29) is 17.9 Å². The lowest BCUT2D eigenvalue weighted by Crippen LogP contribution is -2.09. The molecule has 21 heavy (non-hydrogen) atoms. The summed E-state index contributed by atoms with van der Waals surface area (Å²) >= 11 is 3.30.